The highest BCUT2D eigenvalue weighted by atomic mass is 35.5. The molecular formula is C19H20ClNO2. The molecule has 3 rings (SSSR count). The van der Waals surface area contributed by atoms with E-state index in [9.17, 15) is 4.79 Å². The largest absolute Gasteiger partial charge is 0.493 e. The topological polar surface area (TPSA) is 29.5 Å². The lowest BCUT2D eigenvalue weighted by Gasteiger charge is -2.32. The van der Waals surface area contributed by atoms with Crippen molar-refractivity contribution in [1.82, 2.24) is 4.90 Å². The fourth-order valence-corrected chi connectivity index (χ4v) is 2.94. The average molecular weight is 330 g/mol. The van der Waals surface area contributed by atoms with E-state index in [1.54, 1.807) is 0 Å². The Morgan fingerprint density at radius 3 is 2.35 bits per heavy atom. The number of benzene rings is 2. The number of hydrogen-bond donors (Lipinski definition) is 0. The SMILES string of the molecule is O=C(c1ccccc1)N1CCC(COc2ccc(Cl)cc2)CC1. The van der Waals surface area contributed by atoms with Crippen molar-refractivity contribution in [3.63, 3.8) is 0 Å². The summed E-state index contributed by atoms with van der Waals surface area (Å²) in [6.45, 7) is 2.28. The van der Waals surface area contributed by atoms with E-state index in [2.05, 4.69) is 0 Å². The van der Waals surface area contributed by atoms with E-state index >= 15 is 0 Å². The maximum absolute atomic E-state index is 12.4. The number of rotatable bonds is 4. The number of amides is 1. The number of halogens is 1. The van der Waals surface area contributed by atoms with Gasteiger partial charge in [-0.05, 0) is 55.2 Å². The minimum absolute atomic E-state index is 0.127. The van der Waals surface area contributed by atoms with Crippen molar-refractivity contribution in [2.75, 3.05) is 19.7 Å². The number of carbonyl (C=O) groups excluding carboxylic acids is 1. The van der Waals surface area contributed by atoms with Gasteiger partial charge in [0.15, 0.2) is 0 Å². The van der Waals surface area contributed by atoms with Gasteiger partial charge >= 0.3 is 0 Å². The van der Waals surface area contributed by atoms with Gasteiger partial charge in [0.25, 0.3) is 5.91 Å². The maximum atomic E-state index is 12.4. The molecule has 0 bridgehead atoms. The minimum Gasteiger partial charge on any atom is -0.493 e. The number of nitrogens with zero attached hydrogens (tertiary/aromatic N) is 1. The normalized spacial score (nSPS) is 15.4. The molecule has 1 amide bonds. The second kappa shape index (κ2) is 7.51. The van der Waals surface area contributed by atoms with E-state index in [1.165, 1.54) is 0 Å². The van der Waals surface area contributed by atoms with Gasteiger partial charge in [0.05, 0.1) is 6.61 Å². The highest BCUT2D eigenvalue weighted by molar-refractivity contribution is 6.30. The molecule has 120 valence electrons. The molecule has 0 radical (unpaired) electrons. The molecule has 2 aromatic carbocycles. The summed E-state index contributed by atoms with van der Waals surface area (Å²) in [5, 5.41) is 0.713. The summed E-state index contributed by atoms with van der Waals surface area (Å²) in [5.41, 5.74) is 0.767. The Bertz CT molecular complexity index is 634. The van der Waals surface area contributed by atoms with Crippen LogP contribution in [0.3, 0.4) is 0 Å². The van der Waals surface area contributed by atoms with Crippen molar-refractivity contribution < 1.29 is 9.53 Å². The Morgan fingerprint density at radius 1 is 1.04 bits per heavy atom. The molecular weight excluding hydrogens is 310 g/mol. The summed E-state index contributed by atoms with van der Waals surface area (Å²) in [5.74, 6) is 1.46. The molecule has 2 aromatic rings. The first kappa shape index (κ1) is 15.9. The van der Waals surface area contributed by atoms with Crippen LogP contribution in [0.15, 0.2) is 54.6 Å². The molecule has 1 saturated heterocycles. The highest BCUT2D eigenvalue weighted by Gasteiger charge is 2.23. The number of hydrogen-bond acceptors (Lipinski definition) is 2. The molecule has 1 aliphatic rings. The molecule has 1 fully saturated rings. The summed E-state index contributed by atoms with van der Waals surface area (Å²) in [7, 11) is 0. The van der Waals surface area contributed by atoms with Gasteiger partial charge in [-0.25, -0.2) is 0 Å². The Balaban J connectivity index is 1.47. The molecule has 1 aliphatic heterocycles. The van der Waals surface area contributed by atoms with E-state index in [0.29, 0.717) is 17.5 Å². The number of likely N-dealkylation sites (tertiary alicyclic amines) is 1. The van der Waals surface area contributed by atoms with Gasteiger partial charge in [-0.15, -0.1) is 0 Å². The molecule has 0 saturated carbocycles. The molecule has 3 nitrogen and oxygen atoms in total. The van der Waals surface area contributed by atoms with Crippen LogP contribution in [0, 0.1) is 5.92 Å². The lowest BCUT2D eigenvalue weighted by Crippen LogP contribution is -2.39. The summed E-state index contributed by atoms with van der Waals surface area (Å²) >= 11 is 5.86. The average Bonchev–Trinajstić information content (AvgIpc) is 2.62. The predicted molar refractivity (Wildman–Crippen MR) is 92.0 cm³/mol. The maximum Gasteiger partial charge on any atom is 0.253 e. The van der Waals surface area contributed by atoms with Crippen LogP contribution in [0.4, 0.5) is 0 Å². The minimum atomic E-state index is 0.127. The second-order valence-corrected chi connectivity index (χ2v) is 6.30. The summed E-state index contributed by atoms with van der Waals surface area (Å²) < 4.78 is 5.82. The van der Waals surface area contributed by atoms with Crippen molar-refractivity contribution in [2.45, 2.75) is 12.8 Å². The Morgan fingerprint density at radius 2 is 1.70 bits per heavy atom. The molecule has 0 aliphatic carbocycles. The molecule has 0 aromatic heterocycles. The van der Waals surface area contributed by atoms with Crippen LogP contribution in [-0.2, 0) is 0 Å². The zero-order valence-electron chi connectivity index (χ0n) is 13.0. The van der Waals surface area contributed by atoms with Crippen LogP contribution in [0.2, 0.25) is 5.02 Å². The predicted octanol–water partition coefficient (Wildman–Crippen LogP) is 4.27. The van der Waals surface area contributed by atoms with Crippen molar-refractivity contribution in [3.8, 4) is 5.75 Å². The standard InChI is InChI=1S/C19H20ClNO2/c20-17-6-8-18(9-7-17)23-14-15-10-12-21(13-11-15)19(22)16-4-2-1-3-5-16/h1-9,15H,10-14H2. The Hall–Kier alpha value is -2.00. The molecule has 0 unspecified atom stereocenters. The third-order valence-corrected chi connectivity index (χ3v) is 4.47. The number of carbonyl (C=O) groups is 1. The number of ether oxygens (including phenoxy) is 1. The van der Waals surface area contributed by atoms with Crippen molar-refractivity contribution in [3.05, 3.63) is 65.2 Å². The lowest BCUT2D eigenvalue weighted by atomic mass is 9.97. The fourth-order valence-electron chi connectivity index (χ4n) is 2.81. The summed E-state index contributed by atoms with van der Waals surface area (Å²) in [6.07, 6.45) is 1.96. The molecule has 1 heterocycles. The molecule has 0 spiro atoms. The second-order valence-electron chi connectivity index (χ2n) is 5.87. The third-order valence-electron chi connectivity index (χ3n) is 4.22. The highest BCUT2D eigenvalue weighted by Crippen LogP contribution is 2.21. The Labute approximate surface area is 141 Å². The number of piperidine rings is 1. The third kappa shape index (κ3) is 4.26. The van der Waals surface area contributed by atoms with Crippen LogP contribution >= 0.6 is 11.6 Å². The van der Waals surface area contributed by atoms with E-state index in [-0.39, 0.29) is 5.91 Å². The van der Waals surface area contributed by atoms with Crippen LogP contribution < -0.4 is 4.74 Å². The fraction of sp³-hybridized carbons (Fsp3) is 0.316. The first-order valence-corrected chi connectivity index (χ1v) is 8.33. The van der Waals surface area contributed by atoms with Gasteiger partial charge in [-0.2, -0.15) is 0 Å². The molecule has 23 heavy (non-hydrogen) atoms. The molecule has 0 atom stereocenters. The van der Waals surface area contributed by atoms with Crippen LogP contribution in [0.5, 0.6) is 5.75 Å². The molecule has 4 heteroatoms. The summed E-state index contributed by atoms with van der Waals surface area (Å²) in [6, 6.07) is 16.9. The van der Waals surface area contributed by atoms with E-state index in [0.717, 1.165) is 37.2 Å². The van der Waals surface area contributed by atoms with Gasteiger partial charge in [0, 0.05) is 23.7 Å². The first-order chi connectivity index (χ1) is 11.2. The van der Waals surface area contributed by atoms with Crippen LogP contribution in [-0.4, -0.2) is 30.5 Å². The first-order valence-electron chi connectivity index (χ1n) is 7.95. The smallest absolute Gasteiger partial charge is 0.253 e. The van der Waals surface area contributed by atoms with E-state index < -0.39 is 0 Å². The van der Waals surface area contributed by atoms with Gasteiger partial charge in [0.2, 0.25) is 0 Å². The zero-order chi connectivity index (χ0) is 16.1. The molecule has 0 N–H and O–H groups in total. The zero-order valence-corrected chi connectivity index (χ0v) is 13.7. The Kier molecular flexibility index (Phi) is 5.19. The van der Waals surface area contributed by atoms with Crippen molar-refractivity contribution in [2.24, 2.45) is 5.92 Å². The van der Waals surface area contributed by atoms with Crippen molar-refractivity contribution in [1.29, 1.82) is 0 Å². The van der Waals surface area contributed by atoms with Gasteiger partial charge in [-0.1, -0.05) is 29.8 Å². The van der Waals surface area contributed by atoms with Gasteiger partial charge in [-0.3, -0.25) is 4.79 Å². The van der Waals surface area contributed by atoms with Crippen molar-refractivity contribution >= 4 is 17.5 Å². The van der Waals surface area contributed by atoms with Crippen LogP contribution in [0.1, 0.15) is 23.2 Å². The quantitative estimate of drug-likeness (QED) is 0.838. The van der Waals surface area contributed by atoms with E-state index in [4.69, 9.17) is 16.3 Å². The van der Waals surface area contributed by atoms with E-state index in [1.807, 2.05) is 59.5 Å². The monoisotopic (exact) mass is 329 g/mol. The summed E-state index contributed by atoms with van der Waals surface area (Å²) in [4.78, 5) is 14.3. The van der Waals surface area contributed by atoms with Gasteiger partial charge in [0.1, 0.15) is 5.75 Å². The van der Waals surface area contributed by atoms with Crippen LogP contribution in [0.25, 0.3) is 0 Å². The van der Waals surface area contributed by atoms with Gasteiger partial charge < -0.3 is 9.64 Å². The lowest BCUT2D eigenvalue weighted by molar-refractivity contribution is 0.0661.